The van der Waals surface area contributed by atoms with E-state index in [0.29, 0.717) is 13.0 Å². The van der Waals surface area contributed by atoms with E-state index in [0.717, 1.165) is 16.7 Å². The Morgan fingerprint density at radius 2 is 1.80 bits per heavy atom. The van der Waals surface area contributed by atoms with Gasteiger partial charge in [0.15, 0.2) is 0 Å². The highest BCUT2D eigenvalue weighted by Gasteiger charge is 2.06. The third-order valence-electron chi connectivity index (χ3n) is 3.80. The molecule has 2 aromatic rings. The van der Waals surface area contributed by atoms with E-state index < -0.39 is 10.0 Å². The van der Waals surface area contributed by atoms with E-state index in [2.05, 4.69) is 11.4 Å². The van der Waals surface area contributed by atoms with Gasteiger partial charge in [-0.3, -0.25) is 4.79 Å². The maximum Gasteiger partial charge on any atom is 0.244 e. The fraction of sp³-hybridized carbons (Fsp3) is 0.211. The van der Waals surface area contributed by atoms with E-state index in [1.807, 2.05) is 26.0 Å². The van der Waals surface area contributed by atoms with Gasteiger partial charge < -0.3 is 5.32 Å². The normalized spacial score (nSPS) is 11.6. The second-order valence-corrected chi connectivity index (χ2v) is 7.48. The van der Waals surface area contributed by atoms with Gasteiger partial charge in [-0.1, -0.05) is 35.9 Å². The first-order chi connectivity index (χ1) is 11.8. The second kappa shape index (κ2) is 8.09. The Labute approximate surface area is 148 Å². The number of aryl methyl sites for hydroxylation is 2. The molecule has 1 amide bonds. The number of nitrogens with one attached hydrogen (secondary N) is 1. The monoisotopic (exact) mass is 358 g/mol. The maximum absolute atomic E-state index is 11.9. The average Bonchev–Trinajstić information content (AvgIpc) is 2.53. The fourth-order valence-electron chi connectivity index (χ4n) is 2.41. The lowest BCUT2D eigenvalue weighted by Gasteiger charge is -2.05. The number of hydrogen-bond donors (Lipinski definition) is 2. The van der Waals surface area contributed by atoms with Crippen LogP contribution < -0.4 is 10.5 Å². The van der Waals surface area contributed by atoms with Crippen molar-refractivity contribution in [1.82, 2.24) is 5.32 Å². The Balaban J connectivity index is 1.85. The molecule has 25 heavy (non-hydrogen) atoms. The highest BCUT2D eigenvalue weighted by molar-refractivity contribution is 7.89. The van der Waals surface area contributed by atoms with Gasteiger partial charge in [-0.15, -0.1) is 0 Å². The number of primary sulfonamides is 1. The summed E-state index contributed by atoms with van der Waals surface area (Å²) >= 11 is 0. The summed E-state index contributed by atoms with van der Waals surface area (Å²) in [5.74, 6) is -0.166. The van der Waals surface area contributed by atoms with E-state index in [9.17, 15) is 13.2 Å². The van der Waals surface area contributed by atoms with Crippen molar-refractivity contribution >= 4 is 22.0 Å². The molecule has 3 N–H and O–H groups in total. The predicted molar refractivity (Wildman–Crippen MR) is 99.5 cm³/mol. The van der Waals surface area contributed by atoms with Crippen LogP contribution in [0.15, 0.2) is 53.4 Å². The number of hydrogen-bond acceptors (Lipinski definition) is 3. The number of sulfonamides is 1. The summed E-state index contributed by atoms with van der Waals surface area (Å²) in [6.07, 6.45) is 3.92. The van der Waals surface area contributed by atoms with Crippen molar-refractivity contribution in [2.24, 2.45) is 5.14 Å². The molecule has 0 atom stereocenters. The quantitative estimate of drug-likeness (QED) is 0.777. The van der Waals surface area contributed by atoms with Crippen LogP contribution in [0.2, 0.25) is 0 Å². The molecule has 2 aromatic carbocycles. The Kier molecular flexibility index (Phi) is 6.12. The van der Waals surface area contributed by atoms with E-state index in [-0.39, 0.29) is 10.8 Å². The van der Waals surface area contributed by atoms with Crippen molar-refractivity contribution in [2.45, 2.75) is 25.2 Å². The Hall–Kier alpha value is -2.44. The molecule has 0 aliphatic carbocycles. The highest BCUT2D eigenvalue weighted by atomic mass is 32.2. The number of nitrogens with two attached hydrogens (primary N) is 1. The van der Waals surface area contributed by atoms with Gasteiger partial charge in [-0.25, -0.2) is 13.6 Å². The largest absolute Gasteiger partial charge is 0.352 e. The Morgan fingerprint density at radius 3 is 2.40 bits per heavy atom. The lowest BCUT2D eigenvalue weighted by molar-refractivity contribution is -0.116. The molecule has 0 aliphatic heterocycles. The van der Waals surface area contributed by atoms with Crippen LogP contribution in [-0.2, 0) is 21.2 Å². The fourth-order valence-corrected chi connectivity index (χ4v) is 2.93. The molecule has 0 saturated carbocycles. The van der Waals surface area contributed by atoms with Crippen LogP contribution in [0.3, 0.4) is 0 Å². The summed E-state index contributed by atoms with van der Waals surface area (Å²) in [4.78, 5) is 12.0. The van der Waals surface area contributed by atoms with E-state index >= 15 is 0 Å². The van der Waals surface area contributed by atoms with E-state index in [1.54, 1.807) is 18.2 Å². The molecule has 0 radical (unpaired) electrons. The van der Waals surface area contributed by atoms with Crippen LogP contribution in [0.5, 0.6) is 0 Å². The molecular weight excluding hydrogens is 336 g/mol. The van der Waals surface area contributed by atoms with Crippen LogP contribution in [0, 0.1) is 13.8 Å². The molecule has 6 heteroatoms. The molecule has 0 fully saturated rings. The Morgan fingerprint density at radius 1 is 1.12 bits per heavy atom. The van der Waals surface area contributed by atoms with Crippen LogP contribution in [-0.4, -0.2) is 20.9 Å². The summed E-state index contributed by atoms with van der Waals surface area (Å²) < 4.78 is 22.4. The second-order valence-electron chi connectivity index (χ2n) is 5.92. The number of rotatable bonds is 6. The number of amides is 1. The minimum atomic E-state index is -3.67. The lowest BCUT2D eigenvalue weighted by Crippen LogP contribution is -2.23. The van der Waals surface area contributed by atoms with Gasteiger partial charge in [-0.2, -0.15) is 0 Å². The molecule has 0 heterocycles. The minimum Gasteiger partial charge on any atom is -0.352 e. The molecule has 0 aliphatic rings. The van der Waals surface area contributed by atoms with Crippen LogP contribution >= 0.6 is 0 Å². The SMILES string of the molecule is Cc1ccc(/C=C/C(=O)NCCc2ccc(S(N)(=O)=O)cc2)c(C)c1. The van der Waals surface area contributed by atoms with Gasteiger partial charge >= 0.3 is 0 Å². The smallest absolute Gasteiger partial charge is 0.244 e. The zero-order valence-corrected chi connectivity index (χ0v) is 15.1. The third-order valence-corrected chi connectivity index (χ3v) is 4.73. The topological polar surface area (TPSA) is 89.3 Å². The first-order valence-electron chi connectivity index (χ1n) is 7.90. The van der Waals surface area contributed by atoms with Gasteiger partial charge in [0.25, 0.3) is 0 Å². The van der Waals surface area contributed by atoms with Gasteiger partial charge in [0.2, 0.25) is 15.9 Å². The minimum absolute atomic E-state index is 0.0803. The van der Waals surface area contributed by atoms with Crippen molar-refractivity contribution in [1.29, 1.82) is 0 Å². The van der Waals surface area contributed by atoms with E-state index in [1.165, 1.54) is 23.8 Å². The maximum atomic E-state index is 11.9. The zero-order valence-electron chi connectivity index (χ0n) is 14.3. The predicted octanol–water partition coefficient (Wildman–Crippen LogP) is 2.32. The van der Waals surface area contributed by atoms with Gasteiger partial charge in [-0.05, 0) is 55.2 Å². The highest BCUT2D eigenvalue weighted by Crippen LogP contribution is 2.12. The summed E-state index contributed by atoms with van der Waals surface area (Å²) in [5, 5.41) is 7.86. The average molecular weight is 358 g/mol. The van der Waals surface area contributed by atoms with Crippen molar-refractivity contribution in [3.05, 3.63) is 70.8 Å². The van der Waals surface area contributed by atoms with Gasteiger partial charge in [0, 0.05) is 12.6 Å². The standard InChI is InChI=1S/C19H22N2O3S/c1-14-3-6-17(15(2)13-14)7-10-19(22)21-12-11-16-4-8-18(9-5-16)25(20,23)24/h3-10,13H,11-12H2,1-2H3,(H,21,22)(H2,20,23,24)/b10-7+. The van der Waals surface area contributed by atoms with Crippen LogP contribution in [0.4, 0.5) is 0 Å². The van der Waals surface area contributed by atoms with Crippen LogP contribution in [0.1, 0.15) is 22.3 Å². The molecule has 0 unspecified atom stereocenters. The van der Waals surface area contributed by atoms with Crippen molar-refractivity contribution < 1.29 is 13.2 Å². The molecule has 0 spiro atoms. The molecular formula is C19H22N2O3S. The number of carbonyl (C=O) groups excluding carboxylic acids is 1. The molecule has 0 bridgehead atoms. The molecule has 132 valence electrons. The summed E-state index contributed by atoms with van der Waals surface area (Å²) in [5.41, 5.74) is 4.25. The molecule has 0 saturated heterocycles. The van der Waals surface area contributed by atoms with Gasteiger partial charge in [0.1, 0.15) is 0 Å². The third kappa shape index (κ3) is 5.85. The lowest BCUT2D eigenvalue weighted by atomic mass is 10.1. The van der Waals surface area contributed by atoms with Crippen LogP contribution in [0.25, 0.3) is 6.08 Å². The first kappa shape index (κ1) is 18.9. The molecule has 5 nitrogen and oxygen atoms in total. The van der Waals surface area contributed by atoms with Crippen molar-refractivity contribution in [2.75, 3.05) is 6.54 Å². The molecule has 0 aromatic heterocycles. The van der Waals surface area contributed by atoms with Gasteiger partial charge in [0.05, 0.1) is 4.90 Å². The van der Waals surface area contributed by atoms with Crippen molar-refractivity contribution in [3.63, 3.8) is 0 Å². The summed E-state index contributed by atoms with van der Waals surface area (Å²) in [6.45, 7) is 4.50. The Bertz CT molecular complexity index is 885. The number of benzene rings is 2. The summed E-state index contributed by atoms with van der Waals surface area (Å²) in [7, 11) is -3.67. The molecule has 2 rings (SSSR count). The summed E-state index contributed by atoms with van der Waals surface area (Å²) in [6, 6.07) is 12.4. The van der Waals surface area contributed by atoms with E-state index in [4.69, 9.17) is 5.14 Å². The zero-order chi connectivity index (χ0) is 18.4. The first-order valence-corrected chi connectivity index (χ1v) is 9.45. The van der Waals surface area contributed by atoms with Crippen molar-refractivity contribution in [3.8, 4) is 0 Å². The number of carbonyl (C=O) groups is 1.